The van der Waals surface area contributed by atoms with Gasteiger partial charge in [0.1, 0.15) is 0 Å². The molecule has 0 unspecified atom stereocenters. The summed E-state index contributed by atoms with van der Waals surface area (Å²) >= 11 is 0. The fourth-order valence-corrected chi connectivity index (χ4v) is 0.764. The van der Waals surface area contributed by atoms with Crippen LogP contribution in [0.3, 0.4) is 0 Å². The second-order valence-corrected chi connectivity index (χ2v) is 2.27. The molecule has 1 heterocycles. The van der Waals surface area contributed by atoms with Crippen LogP contribution in [0.5, 0.6) is 0 Å². The zero-order chi connectivity index (χ0) is 8.81. The molecular weight excluding hydrogens is 158 g/mol. The van der Waals surface area contributed by atoms with Gasteiger partial charge in [0.05, 0.1) is 0 Å². The van der Waals surface area contributed by atoms with Crippen molar-refractivity contribution in [3.63, 3.8) is 0 Å². The number of H-pyrrole nitrogens is 1. The summed E-state index contributed by atoms with van der Waals surface area (Å²) < 4.78 is 0. The van der Waals surface area contributed by atoms with Gasteiger partial charge in [0.15, 0.2) is 5.82 Å². The SMILES string of the molecule is O=c1[nH]ccnc1NCCCO. The van der Waals surface area contributed by atoms with Crippen molar-refractivity contribution in [1.82, 2.24) is 9.97 Å². The normalized spacial score (nSPS) is 9.75. The van der Waals surface area contributed by atoms with Crippen LogP contribution in [-0.4, -0.2) is 28.2 Å². The van der Waals surface area contributed by atoms with E-state index in [1.165, 1.54) is 12.4 Å². The highest BCUT2D eigenvalue weighted by Gasteiger charge is 1.96. The second kappa shape index (κ2) is 4.50. The van der Waals surface area contributed by atoms with Crippen LogP contribution in [0.15, 0.2) is 17.2 Å². The zero-order valence-electron chi connectivity index (χ0n) is 6.58. The Morgan fingerprint density at radius 2 is 2.50 bits per heavy atom. The highest BCUT2D eigenvalue weighted by atomic mass is 16.3. The molecule has 12 heavy (non-hydrogen) atoms. The molecule has 5 nitrogen and oxygen atoms in total. The Hall–Kier alpha value is -1.36. The highest BCUT2D eigenvalue weighted by molar-refractivity contribution is 5.29. The van der Waals surface area contributed by atoms with E-state index >= 15 is 0 Å². The van der Waals surface area contributed by atoms with Crippen LogP contribution >= 0.6 is 0 Å². The molecule has 0 saturated carbocycles. The summed E-state index contributed by atoms with van der Waals surface area (Å²) in [7, 11) is 0. The molecule has 5 heteroatoms. The minimum Gasteiger partial charge on any atom is -0.396 e. The number of aliphatic hydroxyl groups is 1. The first-order valence-corrected chi connectivity index (χ1v) is 3.73. The molecule has 0 aliphatic heterocycles. The number of nitrogens with one attached hydrogen (secondary N) is 2. The third-order valence-corrected chi connectivity index (χ3v) is 1.34. The maximum absolute atomic E-state index is 11.0. The van der Waals surface area contributed by atoms with E-state index in [1.807, 2.05) is 0 Å². The van der Waals surface area contributed by atoms with Crippen LogP contribution in [0.2, 0.25) is 0 Å². The Labute approximate surface area is 69.5 Å². The molecule has 1 rings (SSSR count). The van der Waals surface area contributed by atoms with E-state index < -0.39 is 0 Å². The molecule has 0 saturated heterocycles. The number of aromatic nitrogens is 2. The molecule has 0 spiro atoms. The van der Waals surface area contributed by atoms with Crippen LogP contribution in [-0.2, 0) is 0 Å². The van der Waals surface area contributed by atoms with Crippen molar-refractivity contribution in [2.24, 2.45) is 0 Å². The molecule has 0 aliphatic carbocycles. The molecule has 0 amide bonds. The van der Waals surface area contributed by atoms with E-state index in [2.05, 4.69) is 15.3 Å². The number of hydrogen-bond acceptors (Lipinski definition) is 4. The number of hydrogen-bond donors (Lipinski definition) is 3. The summed E-state index contributed by atoms with van der Waals surface area (Å²) in [5.41, 5.74) is -0.240. The largest absolute Gasteiger partial charge is 0.396 e. The second-order valence-electron chi connectivity index (χ2n) is 2.27. The van der Waals surface area contributed by atoms with Crippen LogP contribution < -0.4 is 10.9 Å². The molecule has 0 atom stereocenters. The lowest BCUT2D eigenvalue weighted by Gasteiger charge is -2.00. The predicted molar refractivity (Wildman–Crippen MR) is 45.1 cm³/mol. The average Bonchev–Trinajstić information content (AvgIpc) is 2.09. The molecule has 0 bridgehead atoms. The van der Waals surface area contributed by atoms with Crippen molar-refractivity contribution in [1.29, 1.82) is 0 Å². The lowest BCUT2D eigenvalue weighted by Crippen LogP contribution is -2.16. The molecule has 3 N–H and O–H groups in total. The van der Waals surface area contributed by atoms with Gasteiger partial charge in [-0.15, -0.1) is 0 Å². The molecule has 1 aromatic rings. The molecule has 66 valence electrons. The maximum atomic E-state index is 11.0. The number of aliphatic hydroxyl groups excluding tert-OH is 1. The summed E-state index contributed by atoms with van der Waals surface area (Å²) in [6, 6.07) is 0. The van der Waals surface area contributed by atoms with Gasteiger partial charge >= 0.3 is 0 Å². The third-order valence-electron chi connectivity index (χ3n) is 1.34. The van der Waals surface area contributed by atoms with E-state index in [0.717, 1.165) is 0 Å². The van der Waals surface area contributed by atoms with Gasteiger partial charge in [0.25, 0.3) is 5.56 Å². The lowest BCUT2D eigenvalue weighted by molar-refractivity contribution is 0.292. The molecular formula is C7H11N3O2. The fourth-order valence-electron chi connectivity index (χ4n) is 0.764. The van der Waals surface area contributed by atoms with Crippen molar-refractivity contribution >= 4 is 5.82 Å². The number of nitrogens with zero attached hydrogens (tertiary/aromatic N) is 1. The Kier molecular flexibility index (Phi) is 3.28. The smallest absolute Gasteiger partial charge is 0.290 e. The number of rotatable bonds is 4. The molecule has 0 aliphatic rings. The Balaban J connectivity index is 2.52. The summed E-state index contributed by atoms with van der Waals surface area (Å²) in [5.74, 6) is 0.297. The molecule has 0 aromatic carbocycles. The highest BCUT2D eigenvalue weighted by Crippen LogP contribution is 1.89. The predicted octanol–water partition coefficient (Wildman–Crippen LogP) is -0.436. The summed E-state index contributed by atoms with van der Waals surface area (Å²) in [4.78, 5) is 17.3. The van der Waals surface area contributed by atoms with Gasteiger partial charge in [0.2, 0.25) is 0 Å². The monoisotopic (exact) mass is 169 g/mol. The van der Waals surface area contributed by atoms with Gasteiger partial charge in [-0.1, -0.05) is 0 Å². The van der Waals surface area contributed by atoms with Crippen molar-refractivity contribution in [3.05, 3.63) is 22.7 Å². The van der Waals surface area contributed by atoms with Gasteiger partial charge in [-0.25, -0.2) is 4.98 Å². The fraction of sp³-hybridized carbons (Fsp3) is 0.429. The minimum atomic E-state index is -0.240. The first kappa shape index (κ1) is 8.73. The van der Waals surface area contributed by atoms with E-state index in [4.69, 9.17) is 5.11 Å². The van der Waals surface area contributed by atoms with Crippen LogP contribution in [0.4, 0.5) is 5.82 Å². The standard InChI is InChI=1S/C7H11N3O2/c11-5-1-2-8-6-7(12)10-4-3-9-6/h3-4,11H,1-2,5H2,(H,8,9)(H,10,12). The zero-order valence-corrected chi connectivity index (χ0v) is 6.58. The van der Waals surface area contributed by atoms with E-state index in [1.54, 1.807) is 0 Å². The van der Waals surface area contributed by atoms with Crippen LogP contribution in [0, 0.1) is 0 Å². The maximum Gasteiger partial charge on any atom is 0.290 e. The van der Waals surface area contributed by atoms with Gasteiger partial charge in [0, 0.05) is 25.5 Å². The van der Waals surface area contributed by atoms with Crippen LogP contribution in [0.1, 0.15) is 6.42 Å². The van der Waals surface area contributed by atoms with E-state index in [0.29, 0.717) is 18.8 Å². The lowest BCUT2D eigenvalue weighted by atomic mass is 10.4. The van der Waals surface area contributed by atoms with Crippen LogP contribution in [0.25, 0.3) is 0 Å². The Bertz CT molecular complexity index is 284. The Morgan fingerprint density at radius 1 is 1.67 bits per heavy atom. The van der Waals surface area contributed by atoms with E-state index in [-0.39, 0.29) is 12.2 Å². The summed E-state index contributed by atoms with van der Waals surface area (Å²) in [6.45, 7) is 0.661. The molecule has 0 fully saturated rings. The molecule has 0 radical (unpaired) electrons. The Morgan fingerprint density at radius 3 is 3.17 bits per heavy atom. The van der Waals surface area contributed by atoms with E-state index in [9.17, 15) is 4.79 Å². The quantitative estimate of drug-likeness (QED) is 0.534. The topological polar surface area (TPSA) is 78.0 Å². The number of aromatic amines is 1. The summed E-state index contributed by atoms with van der Waals surface area (Å²) in [6.07, 6.45) is 3.58. The van der Waals surface area contributed by atoms with Crippen molar-refractivity contribution in [3.8, 4) is 0 Å². The van der Waals surface area contributed by atoms with Gasteiger partial charge in [-0.2, -0.15) is 0 Å². The molecule has 1 aromatic heterocycles. The van der Waals surface area contributed by atoms with Gasteiger partial charge < -0.3 is 15.4 Å². The van der Waals surface area contributed by atoms with Crippen molar-refractivity contribution < 1.29 is 5.11 Å². The summed E-state index contributed by atoms with van der Waals surface area (Å²) in [5, 5.41) is 11.3. The average molecular weight is 169 g/mol. The first-order chi connectivity index (χ1) is 5.84. The van der Waals surface area contributed by atoms with Crippen molar-refractivity contribution in [2.75, 3.05) is 18.5 Å². The third kappa shape index (κ3) is 2.35. The van der Waals surface area contributed by atoms with Crippen molar-refractivity contribution in [2.45, 2.75) is 6.42 Å². The minimum absolute atomic E-state index is 0.109. The first-order valence-electron chi connectivity index (χ1n) is 3.73. The number of anilines is 1. The van der Waals surface area contributed by atoms with Gasteiger partial charge in [-0.3, -0.25) is 4.79 Å². The van der Waals surface area contributed by atoms with Gasteiger partial charge in [-0.05, 0) is 6.42 Å².